The van der Waals surface area contributed by atoms with E-state index in [0.29, 0.717) is 56.4 Å². The van der Waals surface area contributed by atoms with Crippen LogP contribution in [0.4, 0.5) is 4.39 Å². The lowest BCUT2D eigenvalue weighted by atomic mass is 10.2. The van der Waals surface area contributed by atoms with E-state index in [4.69, 9.17) is 9.26 Å². The van der Waals surface area contributed by atoms with E-state index in [1.165, 1.54) is 16.4 Å². The number of hydrogen-bond donors (Lipinski definition) is 1. The van der Waals surface area contributed by atoms with Gasteiger partial charge in [0.1, 0.15) is 5.82 Å². The van der Waals surface area contributed by atoms with Crippen molar-refractivity contribution in [2.24, 2.45) is 0 Å². The van der Waals surface area contributed by atoms with Crippen LogP contribution in [0, 0.1) is 5.82 Å². The van der Waals surface area contributed by atoms with Gasteiger partial charge in [0.05, 0.1) is 19.0 Å². The first-order chi connectivity index (χ1) is 13.9. The molecule has 0 bridgehead atoms. The normalized spacial score (nSPS) is 15.3. The second kappa shape index (κ2) is 9.90. The van der Waals surface area contributed by atoms with Gasteiger partial charge in [0.25, 0.3) is 0 Å². The number of rotatable bonds is 9. The predicted octanol–water partition coefficient (Wildman–Crippen LogP) is 0.977. The summed E-state index contributed by atoms with van der Waals surface area (Å²) in [6.45, 7) is 1.54. The maximum atomic E-state index is 13.0. The number of morpholine rings is 1. The standard InChI is InChI=1S/C18H23FN4O5S/c19-15-6-4-14(5-7-15)18-21-17(28-22-18)3-1-2-16(24)20-8-13-29(25,26)23-9-11-27-12-10-23/h4-7H,1-3,8-13H2,(H,20,24). The molecule has 0 saturated carbocycles. The fraction of sp³-hybridized carbons (Fsp3) is 0.500. The van der Waals surface area contributed by atoms with Crippen LogP contribution in [0.15, 0.2) is 28.8 Å². The molecule has 9 nitrogen and oxygen atoms in total. The van der Waals surface area contributed by atoms with Crippen LogP contribution in [0.5, 0.6) is 0 Å². The first-order valence-electron chi connectivity index (χ1n) is 9.35. The number of benzene rings is 1. The highest BCUT2D eigenvalue weighted by atomic mass is 32.2. The summed E-state index contributed by atoms with van der Waals surface area (Å²) >= 11 is 0. The minimum Gasteiger partial charge on any atom is -0.379 e. The van der Waals surface area contributed by atoms with E-state index in [-0.39, 0.29) is 30.4 Å². The first-order valence-corrected chi connectivity index (χ1v) is 11.0. The fourth-order valence-electron chi connectivity index (χ4n) is 2.83. The molecule has 0 aliphatic carbocycles. The molecular weight excluding hydrogens is 403 g/mol. The summed E-state index contributed by atoms with van der Waals surface area (Å²) in [5.74, 6) is 0.0233. The van der Waals surface area contributed by atoms with Gasteiger partial charge in [-0.2, -0.15) is 9.29 Å². The van der Waals surface area contributed by atoms with Gasteiger partial charge in [0.15, 0.2) is 0 Å². The van der Waals surface area contributed by atoms with E-state index >= 15 is 0 Å². The third-order valence-electron chi connectivity index (χ3n) is 4.41. The minimum atomic E-state index is -3.39. The second-order valence-electron chi connectivity index (χ2n) is 6.55. The van der Waals surface area contributed by atoms with Gasteiger partial charge >= 0.3 is 0 Å². The number of aromatic nitrogens is 2. The molecule has 1 aromatic carbocycles. The van der Waals surface area contributed by atoms with Gasteiger partial charge in [-0.3, -0.25) is 4.79 Å². The Labute approximate surface area is 168 Å². The number of halogens is 1. The largest absolute Gasteiger partial charge is 0.379 e. The van der Waals surface area contributed by atoms with Crippen molar-refractivity contribution in [1.29, 1.82) is 0 Å². The van der Waals surface area contributed by atoms with Gasteiger partial charge in [0, 0.05) is 38.0 Å². The van der Waals surface area contributed by atoms with Crippen molar-refractivity contribution in [2.45, 2.75) is 19.3 Å². The molecule has 0 radical (unpaired) electrons. The molecule has 1 fully saturated rings. The van der Waals surface area contributed by atoms with Gasteiger partial charge in [-0.1, -0.05) is 5.16 Å². The summed E-state index contributed by atoms with van der Waals surface area (Å²) in [5.41, 5.74) is 0.639. The number of sulfonamides is 1. The van der Waals surface area contributed by atoms with Crippen molar-refractivity contribution in [2.75, 3.05) is 38.6 Å². The Morgan fingerprint density at radius 1 is 1.21 bits per heavy atom. The number of amides is 1. The molecule has 2 aromatic rings. The van der Waals surface area contributed by atoms with Gasteiger partial charge in [-0.25, -0.2) is 12.8 Å². The summed E-state index contributed by atoms with van der Waals surface area (Å²) in [7, 11) is -3.39. The number of carbonyl (C=O) groups excluding carboxylic acids is 1. The molecule has 158 valence electrons. The highest BCUT2D eigenvalue weighted by Gasteiger charge is 2.23. The van der Waals surface area contributed by atoms with Gasteiger partial charge in [-0.15, -0.1) is 0 Å². The summed E-state index contributed by atoms with van der Waals surface area (Å²) < 4.78 is 49.0. The quantitative estimate of drug-likeness (QED) is 0.635. The van der Waals surface area contributed by atoms with Crippen LogP contribution in [0.2, 0.25) is 0 Å². The summed E-state index contributed by atoms with van der Waals surface area (Å²) in [6, 6.07) is 5.74. The fourth-order valence-corrected chi connectivity index (χ4v) is 4.16. The van der Waals surface area contributed by atoms with E-state index in [1.807, 2.05) is 0 Å². The highest BCUT2D eigenvalue weighted by Crippen LogP contribution is 2.16. The van der Waals surface area contributed by atoms with Crippen LogP contribution in [0.25, 0.3) is 11.4 Å². The molecule has 29 heavy (non-hydrogen) atoms. The number of nitrogens with zero attached hydrogens (tertiary/aromatic N) is 3. The van der Waals surface area contributed by atoms with Crippen LogP contribution in [0.1, 0.15) is 18.7 Å². The zero-order chi connectivity index (χ0) is 20.7. The maximum absolute atomic E-state index is 13.0. The van der Waals surface area contributed by atoms with Gasteiger partial charge < -0.3 is 14.6 Å². The Bertz CT molecular complexity index is 911. The Kier molecular flexibility index (Phi) is 7.29. The minimum absolute atomic E-state index is 0.0633. The van der Waals surface area contributed by atoms with Crippen LogP contribution in [-0.4, -0.2) is 67.4 Å². The zero-order valence-corrected chi connectivity index (χ0v) is 16.7. The highest BCUT2D eigenvalue weighted by molar-refractivity contribution is 7.89. The number of aryl methyl sites for hydroxylation is 1. The molecule has 1 N–H and O–H groups in total. The average molecular weight is 426 g/mol. The lowest BCUT2D eigenvalue weighted by molar-refractivity contribution is -0.121. The predicted molar refractivity (Wildman–Crippen MR) is 102 cm³/mol. The van der Waals surface area contributed by atoms with Crippen LogP contribution < -0.4 is 5.32 Å². The lowest BCUT2D eigenvalue weighted by Crippen LogP contribution is -2.43. The number of carbonyl (C=O) groups is 1. The van der Waals surface area contributed by atoms with Crippen molar-refractivity contribution in [3.63, 3.8) is 0 Å². The second-order valence-corrected chi connectivity index (χ2v) is 8.64. The van der Waals surface area contributed by atoms with E-state index in [9.17, 15) is 17.6 Å². The Morgan fingerprint density at radius 3 is 2.66 bits per heavy atom. The molecule has 0 atom stereocenters. The summed E-state index contributed by atoms with van der Waals surface area (Å²) in [4.78, 5) is 16.1. The molecule has 0 unspecified atom stereocenters. The van der Waals surface area contributed by atoms with Crippen molar-refractivity contribution >= 4 is 15.9 Å². The molecule has 11 heteroatoms. The smallest absolute Gasteiger partial charge is 0.226 e. The van der Waals surface area contributed by atoms with Crippen molar-refractivity contribution in [3.8, 4) is 11.4 Å². The molecule has 1 aliphatic heterocycles. The molecular formula is C18H23FN4O5S. The topological polar surface area (TPSA) is 115 Å². The molecule has 1 saturated heterocycles. The van der Waals surface area contributed by atoms with Gasteiger partial charge in [-0.05, 0) is 30.7 Å². The van der Waals surface area contributed by atoms with E-state index < -0.39 is 10.0 Å². The molecule has 3 rings (SSSR count). The molecule has 2 heterocycles. The Balaban J connectivity index is 1.36. The SMILES string of the molecule is O=C(CCCc1nc(-c2ccc(F)cc2)no1)NCCS(=O)(=O)N1CCOCC1. The van der Waals surface area contributed by atoms with Crippen LogP contribution in [0.3, 0.4) is 0 Å². The molecule has 1 aromatic heterocycles. The third kappa shape index (κ3) is 6.31. The van der Waals surface area contributed by atoms with Gasteiger partial charge in [0.2, 0.25) is 27.6 Å². The summed E-state index contributed by atoms with van der Waals surface area (Å²) in [5, 5.41) is 6.47. The number of ether oxygens (including phenoxy) is 1. The third-order valence-corrected chi connectivity index (χ3v) is 6.28. The van der Waals surface area contributed by atoms with E-state index in [2.05, 4.69) is 15.5 Å². The van der Waals surface area contributed by atoms with E-state index in [1.54, 1.807) is 12.1 Å². The summed E-state index contributed by atoms with van der Waals surface area (Å²) in [6.07, 6.45) is 1.10. The van der Waals surface area contributed by atoms with Crippen LogP contribution >= 0.6 is 0 Å². The number of nitrogens with one attached hydrogen (secondary N) is 1. The van der Waals surface area contributed by atoms with Crippen LogP contribution in [-0.2, 0) is 26.0 Å². The first kappa shape index (κ1) is 21.3. The van der Waals surface area contributed by atoms with Crippen molar-refractivity contribution in [1.82, 2.24) is 19.8 Å². The number of hydrogen-bond acceptors (Lipinski definition) is 7. The Hall–Kier alpha value is -2.37. The van der Waals surface area contributed by atoms with Crippen molar-refractivity contribution in [3.05, 3.63) is 36.0 Å². The molecule has 0 spiro atoms. The zero-order valence-electron chi connectivity index (χ0n) is 15.8. The lowest BCUT2D eigenvalue weighted by Gasteiger charge is -2.26. The average Bonchev–Trinajstić information content (AvgIpc) is 3.18. The van der Waals surface area contributed by atoms with Crippen molar-refractivity contribution < 1.29 is 26.9 Å². The monoisotopic (exact) mass is 426 g/mol. The molecule has 1 aliphatic rings. The molecule has 1 amide bonds. The Morgan fingerprint density at radius 2 is 1.93 bits per heavy atom. The maximum Gasteiger partial charge on any atom is 0.226 e. The van der Waals surface area contributed by atoms with E-state index in [0.717, 1.165) is 0 Å².